The summed E-state index contributed by atoms with van der Waals surface area (Å²) in [6.07, 6.45) is 0. The normalized spacial score (nSPS) is 12.5. The highest BCUT2D eigenvalue weighted by atomic mass is 16.5. The number of benzene rings is 8. The standard InChI is InChI=1S/C59H44N6O/c1-37-15-19-43(20-16-37)55-60-53(41-11-7-5-8-12-41)62-57(64-55)45-27-23-39(24-28-45)47-31-33-51-49(35-47)59(3,4)50-36-48(32-34-52(50)66-51)40-25-29-46(30-26-40)58-63-54(42-13-9-6-10-14-42)61-56(65-58)44-21-17-38(2)18-22-44/h5-36H,1-4H3. The van der Waals surface area contributed by atoms with Crippen LogP contribution in [0.1, 0.15) is 36.1 Å². The topological polar surface area (TPSA) is 86.6 Å². The fourth-order valence-electron chi connectivity index (χ4n) is 8.57. The van der Waals surface area contributed by atoms with Crippen molar-refractivity contribution in [1.29, 1.82) is 0 Å². The first kappa shape index (κ1) is 40.4. The number of rotatable bonds is 8. The fraction of sp³-hybridized carbons (Fsp3) is 0.0847. The monoisotopic (exact) mass is 852 g/mol. The van der Waals surface area contributed by atoms with Crippen LogP contribution in [0, 0.1) is 13.8 Å². The van der Waals surface area contributed by atoms with E-state index in [4.69, 9.17) is 34.6 Å². The molecule has 3 heterocycles. The zero-order valence-electron chi connectivity index (χ0n) is 37.1. The molecule has 0 N–H and O–H groups in total. The zero-order valence-corrected chi connectivity index (χ0v) is 37.1. The van der Waals surface area contributed by atoms with E-state index in [0.717, 1.165) is 78.3 Å². The van der Waals surface area contributed by atoms with Crippen LogP contribution in [-0.2, 0) is 5.41 Å². The minimum atomic E-state index is -0.342. The average Bonchev–Trinajstić information content (AvgIpc) is 3.37. The summed E-state index contributed by atoms with van der Waals surface area (Å²) in [6, 6.07) is 66.7. The van der Waals surface area contributed by atoms with E-state index in [1.54, 1.807) is 0 Å². The second-order valence-electron chi connectivity index (χ2n) is 17.4. The van der Waals surface area contributed by atoms with Crippen molar-refractivity contribution >= 4 is 0 Å². The number of fused-ring (bicyclic) bond motifs is 2. The Bertz CT molecular complexity index is 3160. The van der Waals surface area contributed by atoms with Crippen LogP contribution in [0.3, 0.4) is 0 Å². The van der Waals surface area contributed by atoms with E-state index in [2.05, 4.69) is 161 Å². The largest absolute Gasteiger partial charge is 0.457 e. The molecule has 7 nitrogen and oxygen atoms in total. The molecule has 0 atom stereocenters. The lowest BCUT2D eigenvalue weighted by atomic mass is 9.74. The summed E-state index contributed by atoms with van der Waals surface area (Å²) in [5, 5.41) is 0. The molecule has 0 bridgehead atoms. The lowest BCUT2D eigenvalue weighted by Gasteiger charge is -2.35. The van der Waals surface area contributed by atoms with Gasteiger partial charge in [-0.25, -0.2) is 29.9 Å². The Morgan fingerprint density at radius 1 is 0.288 bits per heavy atom. The Morgan fingerprint density at radius 3 is 0.864 bits per heavy atom. The molecule has 0 unspecified atom stereocenters. The van der Waals surface area contributed by atoms with E-state index in [0.29, 0.717) is 34.9 Å². The first-order chi connectivity index (χ1) is 32.2. The number of hydrogen-bond donors (Lipinski definition) is 0. The van der Waals surface area contributed by atoms with Crippen LogP contribution >= 0.6 is 0 Å². The molecule has 0 saturated carbocycles. The van der Waals surface area contributed by atoms with Gasteiger partial charge in [0.2, 0.25) is 0 Å². The Morgan fingerprint density at radius 2 is 0.545 bits per heavy atom. The van der Waals surface area contributed by atoms with Crippen molar-refractivity contribution in [2.45, 2.75) is 33.1 Å². The summed E-state index contributed by atoms with van der Waals surface area (Å²) in [7, 11) is 0. The highest BCUT2D eigenvalue weighted by Gasteiger charge is 2.35. The molecule has 66 heavy (non-hydrogen) atoms. The van der Waals surface area contributed by atoms with Crippen molar-refractivity contribution in [3.05, 3.63) is 216 Å². The third-order valence-electron chi connectivity index (χ3n) is 12.4. The van der Waals surface area contributed by atoms with Crippen LogP contribution in [0.5, 0.6) is 11.5 Å². The number of hydrogen-bond acceptors (Lipinski definition) is 7. The summed E-state index contributed by atoms with van der Waals surface area (Å²) in [5.41, 5.74) is 14.3. The van der Waals surface area contributed by atoms with E-state index >= 15 is 0 Å². The van der Waals surface area contributed by atoms with E-state index < -0.39 is 0 Å². The van der Waals surface area contributed by atoms with Gasteiger partial charge in [0, 0.05) is 49.9 Å². The highest BCUT2D eigenvalue weighted by molar-refractivity contribution is 5.76. The third-order valence-corrected chi connectivity index (χ3v) is 12.4. The molecule has 0 saturated heterocycles. The van der Waals surface area contributed by atoms with Crippen molar-refractivity contribution in [2.24, 2.45) is 0 Å². The van der Waals surface area contributed by atoms with Crippen LogP contribution in [0.25, 0.3) is 90.6 Å². The third kappa shape index (κ3) is 7.81. The van der Waals surface area contributed by atoms with Gasteiger partial charge >= 0.3 is 0 Å². The molecule has 0 fully saturated rings. The van der Waals surface area contributed by atoms with Gasteiger partial charge in [-0.3, -0.25) is 0 Å². The first-order valence-corrected chi connectivity index (χ1v) is 22.2. The summed E-state index contributed by atoms with van der Waals surface area (Å²) in [4.78, 5) is 29.6. The number of aromatic nitrogens is 6. The van der Waals surface area contributed by atoms with Gasteiger partial charge in [-0.2, -0.15) is 0 Å². The van der Waals surface area contributed by atoms with Crippen molar-refractivity contribution in [3.8, 4) is 102 Å². The number of ether oxygens (including phenoxy) is 1. The quantitative estimate of drug-likeness (QED) is 0.150. The van der Waals surface area contributed by atoms with Crippen LogP contribution in [0.4, 0.5) is 0 Å². The van der Waals surface area contributed by atoms with E-state index in [9.17, 15) is 0 Å². The lowest BCUT2D eigenvalue weighted by molar-refractivity contribution is 0.418. The van der Waals surface area contributed by atoms with Gasteiger partial charge in [0.25, 0.3) is 0 Å². The zero-order chi connectivity index (χ0) is 44.8. The fourth-order valence-corrected chi connectivity index (χ4v) is 8.57. The summed E-state index contributed by atoms with van der Waals surface area (Å²) >= 11 is 0. The molecule has 0 radical (unpaired) electrons. The van der Waals surface area contributed by atoms with Gasteiger partial charge in [-0.05, 0) is 60.4 Å². The number of nitrogens with zero attached hydrogens (tertiary/aromatic N) is 6. The van der Waals surface area contributed by atoms with E-state index in [-0.39, 0.29) is 5.41 Å². The van der Waals surface area contributed by atoms with Crippen LogP contribution in [0.2, 0.25) is 0 Å². The molecule has 11 rings (SSSR count). The average molecular weight is 853 g/mol. The molecule has 8 aromatic carbocycles. The minimum absolute atomic E-state index is 0.342. The second-order valence-corrected chi connectivity index (χ2v) is 17.4. The van der Waals surface area contributed by atoms with E-state index in [1.165, 1.54) is 11.1 Å². The molecule has 0 spiro atoms. The molecule has 316 valence electrons. The molecule has 0 aliphatic carbocycles. The molecule has 2 aromatic heterocycles. The molecular formula is C59H44N6O. The SMILES string of the molecule is Cc1ccc(-c2nc(-c3ccccc3)nc(-c3ccc(-c4ccc5c(c4)C(C)(C)c4cc(-c6ccc(-c7nc(-c8ccccc8)nc(-c8ccc(C)cc8)n7)cc6)ccc4O5)cc3)n2)cc1. The highest BCUT2D eigenvalue weighted by Crippen LogP contribution is 2.50. The smallest absolute Gasteiger partial charge is 0.164 e. The van der Waals surface area contributed by atoms with Crippen LogP contribution in [-0.4, -0.2) is 29.9 Å². The molecule has 10 aromatic rings. The first-order valence-electron chi connectivity index (χ1n) is 22.2. The van der Waals surface area contributed by atoms with Crippen molar-refractivity contribution in [2.75, 3.05) is 0 Å². The maximum atomic E-state index is 6.61. The van der Waals surface area contributed by atoms with Gasteiger partial charge in [0.05, 0.1) is 0 Å². The Balaban J connectivity index is 0.878. The Labute approximate surface area is 384 Å². The van der Waals surface area contributed by atoms with Gasteiger partial charge in [0.1, 0.15) is 11.5 Å². The van der Waals surface area contributed by atoms with Crippen LogP contribution < -0.4 is 4.74 Å². The number of aryl methyl sites for hydroxylation is 2. The lowest BCUT2D eigenvalue weighted by Crippen LogP contribution is -2.24. The summed E-state index contributed by atoms with van der Waals surface area (Å²) in [5.74, 6) is 5.56. The predicted molar refractivity (Wildman–Crippen MR) is 265 cm³/mol. The van der Waals surface area contributed by atoms with Crippen molar-refractivity contribution < 1.29 is 4.74 Å². The summed E-state index contributed by atoms with van der Waals surface area (Å²) < 4.78 is 6.61. The second kappa shape index (κ2) is 16.6. The van der Waals surface area contributed by atoms with Gasteiger partial charge in [0.15, 0.2) is 34.9 Å². The van der Waals surface area contributed by atoms with Gasteiger partial charge in [-0.15, -0.1) is 0 Å². The summed E-state index contributed by atoms with van der Waals surface area (Å²) in [6.45, 7) is 8.71. The predicted octanol–water partition coefficient (Wildman–Crippen LogP) is 14.4. The Kier molecular flexibility index (Phi) is 10.2. The maximum absolute atomic E-state index is 6.61. The van der Waals surface area contributed by atoms with Crippen LogP contribution in [0.15, 0.2) is 194 Å². The maximum Gasteiger partial charge on any atom is 0.164 e. The van der Waals surface area contributed by atoms with Crippen molar-refractivity contribution in [1.82, 2.24) is 29.9 Å². The minimum Gasteiger partial charge on any atom is -0.457 e. The van der Waals surface area contributed by atoms with Gasteiger partial charge < -0.3 is 4.74 Å². The molecular weight excluding hydrogens is 809 g/mol. The molecule has 1 aliphatic heterocycles. The molecule has 7 heteroatoms. The molecule has 1 aliphatic rings. The van der Waals surface area contributed by atoms with Crippen molar-refractivity contribution in [3.63, 3.8) is 0 Å². The van der Waals surface area contributed by atoms with Gasteiger partial charge in [-0.1, -0.05) is 195 Å². The Hall–Kier alpha value is -8.42. The van der Waals surface area contributed by atoms with E-state index in [1.807, 2.05) is 60.7 Å². The molecule has 0 amide bonds.